The van der Waals surface area contributed by atoms with Crippen LogP contribution in [0.5, 0.6) is 5.75 Å². The Morgan fingerprint density at radius 2 is 1.83 bits per heavy atom. The van der Waals surface area contributed by atoms with Gasteiger partial charge in [-0.25, -0.2) is 0 Å². The fourth-order valence-electron chi connectivity index (χ4n) is 2.71. The SMILES string of the molecule is COc1ccc2c(ccc(/C=C/c3ccccc3)[n+]2CCN)c1. The van der Waals surface area contributed by atoms with Crippen LogP contribution >= 0.6 is 0 Å². The van der Waals surface area contributed by atoms with E-state index in [0.29, 0.717) is 6.54 Å². The predicted molar refractivity (Wildman–Crippen MR) is 95.1 cm³/mol. The fourth-order valence-corrected chi connectivity index (χ4v) is 2.71. The molecule has 0 fully saturated rings. The highest BCUT2D eigenvalue weighted by molar-refractivity contribution is 5.79. The van der Waals surface area contributed by atoms with Crippen LogP contribution in [-0.4, -0.2) is 13.7 Å². The Labute approximate surface area is 136 Å². The number of pyridine rings is 1. The summed E-state index contributed by atoms with van der Waals surface area (Å²) in [6.07, 6.45) is 4.26. The molecule has 3 heteroatoms. The lowest BCUT2D eigenvalue weighted by Gasteiger charge is -2.06. The Hall–Kier alpha value is -2.65. The van der Waals surface area contributed by atoms with E-state index in [1.807, 2.05) is 30.3 Å². The Morgan fingerprint density at radius 1 is 1.00 bits per heavy atom. The normalized spacial score (nSPS) is 11.2. The summed E-state index contributed by atoms with van der Waals surface area (Å²) in [4.78, 5) is 0. The molecule has 0 saturated heterocycles. The highest BCUT2D eigenvalue weighted by Gasteiger charge is 2.13. The van der Waals surface area contributed by atoms with Gasteiger partial charge in [-0.2, -0.15) is 4.57 Å². The molecule has 0 atom stereocenters. The van der Waals surface area contributed by atoms with Crippen LogP contribution in [0.2, 0.25) is 0 Å². The molecule has 23 heavy (non-hydrogen) atoms. The minimum absolute atomic E-state index is 0.599. The summed E-state index contributed by atoms with van der Waals surface area (Å²) in [5.74, 6) is 0.865. The van der Waals surface area contributed by atoms with E-state index in [2.05, 4.69) is 47.1 Å². The molecule has 2 aromatic carbocycles. The van der Waals surface area contributed by atoms with E-state index in [0.717, 1.165) is 28.9 Å². The number of aromatic nitrogens is 1. The Kier molecular flexibility index (Phi) is 4.69. The predicted octanol–water partition coefficient (Wildman–Crippen LogP) is 3.27. The van der Waals surface area contributed by atoms with Gasteiger partial charge in [0.2, 0.25) is 11.2 Å². The lowest BCUT2D eigenvalue weighted by atomic mass is 10.1. The molecule has 0 aliphatic carbocycles. The lowest BCUT2D eigenvalue weighted by molar-refractivity contribution is -0.670. The number of ether oxygens (including phenoxy) is 1. The number of nitrogens with zero attached hydrogens (tertiary/aromatic N) is 1. The topological polar surface area (TPSA) is 39.1 Å². The molecule has 0 radical (unpaired) electrons. The van der Waals surface area contributed by atoms with Crippen molar-refractivity contribution in [3.05, 3.63) is 71.9 Å². The summed E-state index contributed by atoms with van der Waals surface area (Å²) in [6.45, 7) is 1.38. The zero-order valence-corrected chi connectivity index (χ0v) is 13.3. The number of hydrogen-bond acceptors (Lipinski definition) is 2. The molecule has 3 aromatic rings. The molecular weight excluding hydrogens is 284 g/mol. The van der Waals surface area contributed by atoms with Crippen LogP contribution in [0.15, 0.2) is 60.7 Å². The Bertz CT molecular complexity index is 826. The third-order valence-electron chi connectivity index (χ3n) is 3.87. The summed E-state index contributed by atoms with van der Waals surface area (Å²) >= 11 is 0. The summed E-state index contributed by atoms with van der Waals surface area (Å²) in [6, 6.07) is 20.7. The zero-order valence-electron chi connectivity index (χ0n) is 13.3. The summed E-state index contributed by atoms with van der Waals surface area (Å²) < 4.78 is 7.55. The van der Waals surface area contributed by atoms with E-state index in [1.54, 1.807) is 7.11 Å². The maximum absolute atomic E-state index is 5.81. The number of benzene rings is 2. The molecule has 2 N–H and O–H groups in total. The molecule has 1 aromatic heterocycles. The van der Waals surface area contributed by atoms with E-state index in [1.165, 1.54) is 5.56 Å². The molecule has 1 heterocycles. The zero-order chi connectivity index (χ0) is 16.1. The van der Waals surface area contributed by atoms with Crippen molar-refractivity contribution in [1.29, 1.82) is 0 Å². The second kappa shape index (κ2) is 7.07. The quantitative estimate of drug-likeness (QED) is 0.735. The van der Waals surface area contributed by atoms with Crippen molar-refractivity contribution in [3.63, 3.8) is 0 Å². The van der Waals surface area contributed by atoms with Crippen molar-refractivity contribution in [2.45, 2.75) is 6.54 Å². The van der Waals surface area contributed by atoms with E-state index in [4.69, 9.17) is 10.5 Å². The first-order chi connectivity index (χ1) is 11.3. The molecule has 0 unspecified atom stereocenters. The molecule has 0 aliphatic rings. The lowest BCUT2D eigenvalue weighted by Crippen LogP contribution is -2.41. The second-order valence-electron chi connectivity index (χ2n) is 5.37. The Morgan fingerprint density at radius 3 is 2.57 bits per heavy atom. The van der Waals surface area contributed by atoms with Gasteiger partial charge in [0.1, 0.15) is 5.75 Å². The van der Waals surface area contributed by atoms with Crippen molar-refractivity contribution in [1.82, 2.24) is 0 Å². The van der Waals surface area contributed by atoms with E-state index >= 15 is 0 Å². The van der Waals surface area contributed by atoms with Crippen LogP contribution in [0, 0.1) is 0 Å². The van der Waals surface area contributed by atoms with Crippen LogP contribution in [0.1, 0.15) is 11.3 Å². The molecule has 0 spiro atoms. The van der Waals surface area contributed by atoms with E-state index in [9.17, 15) is 0 Å². The van der Waals surface area contributed by atoms with Gasteiger partial charge in [0.05, 0.1) is 19.0 Å². The second-order valence-corrected chi connectivity index (χ2v) is 5.37. The van der Waals surface area contributed by atoms with Crippen LogP contribution in [0.25, 0.3) is 23.1 Å². The van der Waals surface area contributed by atoms with Crippen molar-refractivity contribution < 1.29 is 9.30 Å². The monoisotopic (exact) mass is 305 g/mol. The van der Waals surface area contributed by atoms with Crippen LogP contribution in [0.3, 0.4) is 0 Å². The average Bonchev–Trinajstić information content (AvgIpc) is 2.61. The van der Waals surface area contributed by atoms with Crippen molar-refractivity contribution in [2.75, 3.05) is 13.7 Å². The summed E-state index contributed by atoms with van der Waals surface area (Å²) in [5, 5.41) is 1.15. The molecule has 0 amide bonds. The maximum atomic E-state index is 5.81. The minimum Gasteiger partial charge on any atom is -0.497 e. The van der Waals surface area contributed by atoms with Crippen molar-refractivity contribution >= 4 is 23.1 Å². The van der Waals surface area contributed by atoms with Crippen LogP contribution in [0.4, 0.5) is 0 Å². The molecule has 3 rings (SSSR count). The summed E-state index contributed by atoms with van der Waals surface area (Å²) in [7, 11) is 1.69. The van der Waals surface area contributed by atoms with Crippen LogP contribution in [-0.2, 0) is 6.54 Å². The van der Waals surface area contributed by atoms with Gasteiger partial charge in [0.15, 0.2) is 6.54 Å². The maximum Gasteiger partial charge on any atom is 0.213 e. The van der Waals surface area contributed by atoms with Gasteiger partial charge in [0, 0.05) is 18.2 Å². The Balaban J connectivity index is 2.05. The van der Waals surface area contributed by atoms with Crippen LogP contribution < -0.4 is 15.0 Å². The molecule has 0 aliphatic heterocycles. The van der Waals surface area contributed by atoms with Crippen molar-refractivity contribution in [3.8, 4) is 5.75 Å². The molecule has 0 bridgehead atoms. The van der Waals surface area contributed by atoms with E-state index in [-0.39, 0.29) is 0 Å². The van der Waals surface area contributed by atoms with Gasteiger partial charge in [-0.1, -0.05) is 30.3 Å². The number of hydrogen-bond donors (Lipinski definition) is 1. The van der Waals surface area contributed by atoms with Gasteiger partial charge in [-0.05, 0) is 29.8 Å². The molecular formula is C20H21N2O+. The first-order valence-electron chi connectivity index (χ1n) is 7.75. The van der Waals surface area contributed by atoms with Gasteiger partial charge in [-0.3, -0.25) is 0 Å². The highest BCUT2D eigenvalue weighted by atomic mass is 16.5. The number of methoxy groups -OCH3 is 1. The van der Waals surface area contributed by atoms with Crippen molar-refractivity contribution in [2.24, 2.45) is 5.73 Å². The third kappa shape index (κ3) is 3.41. The van der Waals surface area contributed by atoms with Gasteiger partial charge in [-0.15, -0.1) is 0 Å². The highest BCUT2D eigenvalue weighted by Crippen LogP contribution is 2.19. The number of rotatable bonds is 5. The standard InChI is InChI=1S/C20H21N2O/c1-23-19-11-12-20-17(15-19)8-10-18(22(20)14-13-21)9-7-16-5-3-2-4-6-16/h2-12,15H,13-14,21H2,1H3/q+1/b9-7+. The molecule has 0 saturated carbocycles. The molecule has 116 valence electrons. The van der Waals surface area contributed by atoms with Gasteiger partial charge >= 0.3 is 0 Å². The smallest absolute Gasteiger partial charge is 0.213 e. The molecule has 3 nitrogen and oxygen atoms in total. The minimum atomic E-state index is 0.599. The third-order valence-corrected chi connectivity index (χ3v) is 3.87. The first kappa shape index (κ1) is 15.3. The van der Waals surface area contributed by atoms with Gasteiger partial charge < -0.3 is 10.5 Å². The average molecular weight is 305 g/mol. The largest absolute Gasteiger partial charge is 0.497 e. The number of nitrogens with two attached hydrogens (primary N) is 1. The van der Waals surface area contributed by atoms with E-state index < -0.39 is 0 Å². The summed E-state index contributed by atoms with van der Waals surface area (Å²) in [5.41, 5.74) is 9.29. The first-order valence-corrected chi connectivity index (χ1v) is 7.75. The van der Waals surface area contributed by atoms with Gasteiger partial charge in [0.25, 0.3) is 0 Å². The number of fused-ring (bicyclic) bond motifs is 1. The fraction of sp³-hybridized carbons (Fsp3) is 0.150.